The molecular weight excluding hydrogens is 391 g/mol. The summed E-state index contributed by atoms with van der Waals surface area (Å²) in [6, 6.07) is 10.6. The number of halogens is 1. The lowest BCUT2D eigenvalue weighted by Gasteiger charge is -2.33. The molecule has 6 heteroatoms. The fourth-order valence-corrected chi connectivity index (χ4v) is 2.82. The Bertz CT molecular complexity index is 482. The van der Waals surface area contributed by atoms with E-state index in [9.17, 15) is 0 Å². The average Bonchev–Trinajstić information content (AvgIpc) is 2.92. The van der Waals surface area contributed by atoms with E-state index < -0.39 is 0 Å². The van der Waals surface area contributed by atoms with Gasteiger partial charge in [-0.1, -0.05) is 30.3 Å². The third kappa shape index (κ3) is 4.82. The van der Waals surface area contributed by atoms with Crippen molar-refractivity contribution in [3.63, 3.8) is 0 Å². The van der Waals surface area contributed by atoms with Gasteiger partial charge in [-0.25, -0.2) is 0 Å². The molecule has 1 fully saturated rings. The zero-order chi connectivity index (χ0) is 14.5. The first-order chi connectivity index (χ1) is 10.3. The number of benzene rings is 1. The molecule has 1 N–H and O–H groups in total. The Hall–Kier alpha value is -0.860. The Balaban J connectivity index is 0.00000176. The van der Waals surface area contributed by atoms with Crippen LogP contribution in [0.2, 0.25) is 0 Å². The molecule has 3 rings (SSSR count). The first-order valence-electron chi connectivity index (χ1n) is 7.68. The number of likely N-dealkylation sites (N-methyl/N-ethyl adjacent to an activating group) is 1. The quantitative estimate of drug-likeness (QED) is 0.754. The van der Waals surface area contributed by atoms with Crippen molar-refractivity contribution in [2.24, 2.45) is 4.99 Å². The highest BCUT2D eigenvalue weighted by molar-refractivity contribution is 14.0. The van der Waals surface area contributed by atoms with Crippen LogP contribution >= 0.6 is 24.0 Å². The fraction of sp³-hybridized carbons (Fsp3) is 0.562. The SMILES string of the molecule is CN1CCN=C1NCC1CN(Cc2ccccc2)CCO1.I. The van der Waals surface area contributed by atoms with Gasteiger partial charge in [0, 0.05) is 39.8 Å². The minimum absolute atomic E-state index is 0. The van der Waals surface area contributed by atoms with Crippen LogP contribution in [0.25, 0.3) is 0 Å². The maximum absolute atomic E-state index is 5.86. The van der Waals surface area contributed by atoms with Crippen molar-refractivity contribution in [2.45, 2.75) is 12.6 Å². The van der Waals surface area contributed by atoms with E-state index in [2.05, 4.69) is 57.5 Å². The molecule has 1 atom stereocenters. The van der Waals surface area contributed by atoms with Crippen LogP contribution in [0.3, 0.4) is 0 Å². The standard InChI is InChI=1S/C16H24N4O.HI/c1-19-8-7-17-16(19)18-11-15-13-20(9-10-21-15)12-14-5-3-2-4-6-14;/h2-6,15H,7-13H2,1H3,(H,17,18);1H. The van der Waals surface area contributed by atoms with Crippen molar-refractivity contribution in [3.8, 4) is 0 Å². The summed E-state index contributed by atoms with van der Waals surface area (Å²) in [4.78, 5) is 9.07. The molecular formula is C16H25IN4O. The van der Waals surface area contributed by atoms with E-state index in [1.807, 2.05) is 0 Å². The number of ether oxygens (including phenoxy) is 1. The highest BCUT2D eigenvalue weighted by atomic mass is 127. The molecule has 2 heterocycles. The zero-order valence-corrected chi connectivity index (χ0v) is 15.4. The van der Waals surface area contributed by atoms with Gasteiger partial charge in [0.2, 0.25) is 0 Å². The molecule has 0 bridgehead atoms. The first-order valence-corrected chi connectivity index (χ1v) is 7.68. The number of guanidine groups is 1. The minimum Gasteiger partial charge on any atom is -0.374 e. The molecule has 0 aliphatic carbocycles. The van der Waals surface area contributed by atoms with Crippen molar-refractivity contribution in [2.75, 3.05) is 46.4 Å². The zero-order valence-electron chi connectivity index (χ0n) is 13.1. The molecule has 0 radical (unpaired) electrons. The second-order valence-electron chi connectivity index (χ2n) is 5.72. The second-order valence-corrected chi connectivity index (χ2v) is 5.72. The monoisotopic (exact) mass is 416 g/mol. The molecule has 1 saturated heterocycles. The summed E-state index contributed by atoms with van der Waals surface area (Å²) in [5.41, 5.74) is 1.37. The topological polar surface area (TPSA) is 40.1 Å². The van der Waals surface area contributed by atoms with Crippen molar-refractivity contribution < 1.29 is 4.74 Å². The first kappa shape index (κ1) is 17.5. The van der Waals surface area contributed by atoms with Gasteiger partial charge in [0.05, 0.1) is 19.3 Å². The molecule has 0 saturated carbocycles. The van der Waals surface area contributed by atoms with Crippen molar-refractivity contribution in [3.05, 3.63) is 35.9 Å². The van der Waals surface area contributed by atoms with Gasteiger partial charge in [-0.2, -0.15) is 0 Å². The van der Waals surface area contributed by atoms with Crippen LogP contribution in [0.4, 0.5) is 0 Å². The van der Waals surface area contributed by atoms with E-state index in [-0.39, 0.29) is 30.1 Å². The minimum atomic E-state index is 0. The van der Waals surface area contributed by atoms with Crippen LogP contribution in [0.1, 0.15) is 5.56 Å². The van der Waals surface area contributed by atoms with Crippen molar-refractivity contribution >= 4 is 29.9 Å². The number of hydrogen-bond donors (Lipinski definition) is 1. The predicted octanol–water partition coefficient (Wildman–Crippen LogP) is 1.40. The Labute approximate surface area is 149 Å². The van der Waals surface area contributed by atoms with Crippen LogP contribution < -0.4 is 5.32 Å². The summed E-state index contributed by atoms with van der Waals surface area (Å²) in [5, 5.41) is 3.41. The van der Waals surface area contributed by atoms with Gasteiger partial charge in [0.25, 0.3) is 0 Å². The highest BCUT2D eigenvalue weighted by Gasteiger charge is 2.21. The molecule has 1 aromatic carbocycles. The predicted molar refractivity (Wildman–Crippen MR) is 99.8 cm³/mol. The van der Waals surface area contributed by atoms with E-state index in [0.29, 0.717) is 0 Å². The Morgan fingerprint density at radius 3 is 2.82 bits per heavy atom. The van der Waals surface area contributed by atoms with Crippen LogP contribution in [0.15, 0.2) is 35.3 Å². The fourth-order valence-electron chi connectivity index (χ4n) is 2.82. The van der Waals surface area contributed by atoms with E-state index in [0.717, 1.165) is 51.8 Å². The Kier molecular flexibility index (Phi) is 6.91. The lowest BCUT2D eigenvalue weighted by atomic mass is 10.2. The van der Waals surface area contributed by atoms with Crippen molar-refractivity contribution in [1.82, 2.24) is 15.1 Å². The van der Waals surface area contributed by atoms with E-state index >= 15 is 0 Å². The maximum atomic E-state index is 5.86. The van der Waals surface area contributed by atoms with Gasteiger partial charge >= 0.3 is 0 Å². The third-order valence-electron chi connectivity index (χ3n) is 4.02. The molecule has 1 unspecified atom stereocenters. The molecule has 0 amide bonds. The highest BCUT2D eigenvalue weighted by Crippen LogP contribution is 2.10. The number of aliphatic imine (C=N–C) groups is 1. The van der Waals surface area contributed by atoms with Crippen LogP contribution in [0.5, 0.6) is 0 Å². The van der Waals surface area contributed by atoms with Gasteiger partial charge in [-0.3, -0.25) is 9.89 Å². The molecule has 2 aliphatic rings. The van der Waals surface area contributed by atoms with E-state index in [1.165, 1.54) is 5.56 Å². The number of rotatable bonds is 4. The lowest BCUT2D eigenvalue weighted by molar-refractivity contribution is -0.0282. The molecule has 122 valence electrons. The summed E-state index contributed by atoms with van der Waals surface area (Å²) in [6.45, 7) is 6.51. The van der Waals surface area contributed by atoms with Crippen LogP contribution in [-0.4, -0.2) is 68.2 Å². The number of nitrogens with zero attached hydrogens (tertiary/aromatic N) is 3. The lowest BCUT2D eigenvalue weighted by Crippen LogP contribution is -2.48. The summed E-state index contributed by atoms with van der Waals surface area (Å²) in [6.07, 6.45) is 0.235. The second kappa shape index (κ2) is 8.69. The largest absolute Gasteiger partial charge is 0.374 e. The summed E-state index contributed by atoms with van der Waals surface area (Å²) < 4.78 is 5.86. The normalized spacial score (nSPS) is 22.1. The third-order valence-corrected chi connectivity index (χ3v) is 4.02. The van der Waals surface area contributed by atoms with Gasteiger partial charge < -0.3 is 15.0 Å². The molecule has 2 aliphatic heterocycles. The number of hydrogen-bond acceptors (Lipinski definition) is 5. The molecule has 0 spiro atoms. The summed E-state index contributed by atoms with van der Waals surface area (Å²) >= 11 is 0. The van der Waals surface area contributed by atoms with Gasteiger partial charge in [-0.15, -0.1) is 24.0 Å². The molecule has 1 aromatic rings. The Morgan fingerprint density at radius 1 is 1.27 bits per heavy atom. The molecule has 5 nitrogen and oxygen atoms in total. The smallest absolute Gasteiger partial charge is 0.193 e. The molecule has 0 aromatic heterocycles. The Morgan fingerprint density at radius 2 is 2.09 bits per heavy atom. The maximum Gasteiger partial charge on any atom is 0.193 e. The molecule has 22 heavy (non-hydrogen) atoms. The van der Waals surface area contributed by atoms with E-state index in [4.69, 9.17) is 4.74 Å². The average molecular weight is 416 g/mol. The van der Waals surface area contributed by atoms with Gasteiger partial charge in [0.15, 0.2) is 5.96 Å². The number of nitrogens with one attached hydrogen (secondary N) is 1. The van der Waals surface area contributed by atoms with Gasteiger partial charge in [-0.05, 0) is 5.56 Å². The van der Waals surface area contributed by atoms with Crippen LogP contribution in [0, 0.1) is 0 Å². The van der Waals surface area contributed by atoms with E-state index in [1.54, 1.807) is 0 Å². The van der Waals surface area contributed by atoms with Gasteiger partial charge in [0.1, 0.15) is 0 Å². The number of morpholine rings is 1. The van der Waals surface area contributed by atoms with Crippen LogP contribution in [-0.2, 0) is 11.3 Å². The summed E-state index contributed by atoms with van der Waals surface area (Å²) in [7, 11) is 2.07. The van der Waals surface area contributed by atoms with Crippen molar-refractivity contribution in [1.29, 1.82) is 0 Å². The summed E-state index contributed by atoms with van der Waals surface area (Å²) in [5.74, 6) is 0.999.